The summed E-state index contributed by atoms with van der Waals surface area (Å²) in [6.07, 6.45) is 4.51. The van der Waals surface area contributed by atoms with E-state index in [1.54, 1.807) is 12.3 Å². The Bertz CT molecular complexity index is 705. The van der Waals surface area contributed by atoms with Crippen LogP contribution in [0.2, 0.25) is 0 Å². The summed E-state index contributed by atoms with van der Waals surface area (Å²) >= 11 is 0. The molecular weight excluding hydrogens is 280 g/mol. The number of hydrogen-bond acceptors (Lipinski definition) is 4. The minimum atomic E-state index is -0.594. The molecule has 5 heteroatoms. The van der Waals surface area contributed by atoms with Crippen molar-refractivity contribution in [2.45, 2.75) is 25.3 Å². The van der Waals surface area contributed by atoms with E-state index in [0.29, 0.717) is 23.4 Å². The summed E-state index contributed by atoms with van der Waals surface area (Å²) in [7, 11) is 1.34. The maximum Gasteiger partial charge on any atom is 0.328 e. The Hall–Kier alpha value is -2.43. The maximum atomic E-state index is 12.5. The molecule has 0 bridgehead atoms. The Labute approximate surface area is 128 Å². The molecular formula is C17H18N2O3. The molecule has 0 aliphatic heterocycles. The van der Waals surface area contributed by atoms with Gasteiger partial charge < -0.3 is 10.1 Å². The second-order valence-electron chi connectivity index (χ2n) is 5.61. The van der Waals surface area contributed by atoms with Gasteiger partial charge in [0, 0.05) is 11.6 Å². The fourth-order valence-corrected chi connectivity index (χ4v) is 2.57. The van der Waals surface area contributed by atoms with Gasteiger partial charge in [0.15, 0.2) is 0 Å². The lowest BCUT2D eigenvalue weighted by molar-refractivity contribution is -0.143. The third-order valence-corrected chi connectivity index (χ3v) is 3.93. The Morgan fingerprint density at radius 1 is 1.32 bits per heavy atom. The number of nitrogens with one attached hydrogen (secondary N) is 1. The number of nitrogens with zero attached hydrogens (tertiary/aromatic N) is 1. The minimum Gasteiger partial charge on any atom is -0.467 e. The molecule has 5 nitrogen and oxygen atoms in total. The molecule has 1 atom stereocenters. The molecule has 1 saturated carbocycles. The average Bonchev–Trinajstić information content (AvgIpc) is 3.37. The fraction of sp³-hybridized carbons (Fsp3) is 0.353. The third kappa shape index (κ3) is 3.08. The Morgan fingerprint density at radius 2 is 2.09 bits per heavy atom. The second-order valence-corrected chi connectivity index (χ2v) is 5.61. The van der Waals surface area contributed by atoms with Crippen molar-refractivity contribution >= 4 is 22.8 Å². The number of esters is 1. The highest BCUT2D eigenvalue weighted by atomic mass is 16.5. The maximum absolute atomic E-state index is 12.5. The van der Waals surface area contributed by atoms with Crippen LogP contribution < -0.4 is 5.32 Å². The molecule has 3 rings (SSSR count). The summed E-state index contributed by atoms with van der Waals surface area (Å²) in [5.74, 6) is -0.177. The number of methoxy groups -OCH3 is 1. The van der Waals surface area contributed by atoms with Gasteiger partial charge in [-0.15, -0.1) is 0 Å². The van der Waals surface area contributed by atoms with E-state index >= 15 is 0 Å². The molecule has 0 spiro atoms. The number of carbonyl (C=O) groups excluding carboxylic acids is 2. The molecule has 1 aromatic carbocycles. The lowest BCUT2D eigenvalue weighted by Crippen LogP contribution is -2.42. The fourth-order valence-electron chi connectivity index (χ4n) is 2.57. The number of ether oxygens (including phenoxy) is 1. The standard InChI is InChI=1S/C17H18N2O3/c1-22-17(21)14(10-11-7-8-11)19-16(20)13-6-2-4-12-5-3-9-18-15(12)13/h2-6,9,11,14H,7-8,10H2,1H3,(H,19,20)/t14-/m0/s1. The van der Waals surface area contributed by atoms with E-state index in [9.17, 15) is 9.59 Å². The number of benzene rings is 1. The van der Waals surface area contributed by atoms with Gasteiger partial charge in [-0.05, 0) is 24.5 Å². The van der Waals surface area contributed by atoms with E-state index in [4.69, 9.17) is 4.74 Å². The predicted molar refractivity (Wildman–Crippen MR) is 82.4 cm³/mol. The topological polar surface area (TPSA) is 68.3 Å². The summed E-state index contributed by atoms with van der Waals surface area (Å²) in [6.45, 7) is 0. The van der Waals surface area contributed by atoms with Crippen LogP contribution >= 0.6 is 0 Å². The molecule has 114 valence electrons. The number of amides is 1. The van der Waals surface area contributed by atoms with Crippen LogP contribution in [0.15, 0.2) is 36.5 Å². The molecule has 1 fully saturated rings. The van der Waals surface area contributed by atoms with Gasteiger partial charge in [-0.3, -0.25) is 9.78 Å². The molecule has 1 aliphatic carbocycles. The van der Waals surface area contributed by atoms with Crippen molar-refractivity contribution < 1.29 is 14.3 Å². The van der Waals surface area contributed by atoms with Crippen molar-refractivity contribution in [1.29, 1.82) is 0 Å². The van der Waals surface area contributed by atoms with Crippen molar-refractivity contribution in [1.82, 2.24) is 10.3 Å². The van der Waals surface area contributed by atoms with E-state index in [1.807, 2.05) is 24.3 Å². The van der Waals surface area contributed by atoms with Crippen LogP contribution in [0.5, 0.6) is 0 Å². The molecule has 1 aromatic heterocycles. The van der Waals surface area contributed by atoms with Crippen molar-refractivity contribution in [3.05, 3.63) is 42.1 Å². The highest BCUT2D eigenvalue weighted by molar-refractivity contribution is 6.06. The predicted octanol–water partition coefficient (Wildman–Crippen LogP) is 2.31. The SMILES string of the molecule is COC(=O)[C@H](CC1CC1)NC(=O)c1cccc2cccnc12. The second kappa shape index (κ2) is 6.13. The largest absolute Gasteiger partial charge is 0.467 e. The highest BCUT2D eigenvalue weighted by Gasteiger charge is 2.31. The van der Waals surface area contributed by atoms with Crippen LogP contribution in [0.25, 0.3) is 10.9 Å². The number of hydrogen-bond donors (Lipinski definition) is 1. The van der Waals surface area contributed by atoms with Crippen LogP contribution in [-0.4, -0.2) is 30.0 Å². The van der Waals surface area contributed by atoms with Crippen molar-refractivity contribution in [3.63, 3.8) is 0 Å². The first-order valence-corrected chi connectivity index (χ1v) is 7.41. The van der Waals surface area contributed by atoms with Gasteiger partial charge in [-0.2, -0.15) is 0 Å². The van der Waals surface area contributed by atoms with Crippen molar-refractivity contribution in [3.8, 4) is 0 Å². The number of rotatable bonds is 5. The van der Waals surface area contributed by atoms with Gasteiger partial charge >= 0.3 is 5.97 Å². The van der Waals surface area contributed by atoms with Crippen LogP contribution in [0.4, 0.5) is 0 Å². The smallest absolute Gasteiger partial charge is 0.328 e. The summed E-state index contributed by atoms with van der Waals surface area (Å²) < 4.78 is 4.80. The Balaban J connectivity index is 1.83. The average molecular weight is 298 g/mol. The van der Waals surface area contributed by atoms with Gasteiger partial charge in [0.25, 0.3) is 5.91 Å². The highest BCUT2D eigenvalue weighted by Crippen LogP contribution is 2.33. The molecule has 1 aliphatic rings. The number of pyridine rings is 1. The zero-order chi connectivity index (χ0) is 15.5. The van der Waals surface area contributed by atoms with E-state index in [-0.39, 0.29) is 5.91 Å². The normalized spacial score (nSPS) is 15.3. The first-order chi connectivity index (χ1) is 10.7. The van der Waals surface area contributed by atoms with E-state index in [0.717, 1.165) is 18.2 Å². The Kier molecular flexibility index (Phi) is 4.04. The number of fused-ring (bicyclic) bond motifs is 1. The van der Waals surface area contributed by atoms with Gasteiger partial charge in [0.2, 0.25) is 0 Å². The number of para-hydroxylation sites is 1. The summed E-state index contributed by atoms with van der Waals surface area (Å²) in [5.41, 5.74) is 1.11. The van der Waals surface area contributed by atoms with Crippen LogP contribution in [0.1, 0.15) is 29.6 Å². The molecule has 2 aromatic rings. The van der Waals surface area contributed by atoms with Crippen LogP contribution in [0.3, 0.4) is 0 Å². The van der Waals surface area contributed by atoms with Crippen molar-refractivity contribution in [2.75, 3.05) is 7.11 Å². The molecule has 1 heterocycles. The van der Waals surface area contributed by atoms with Gasteiger partial charge in [0.1, 0.15) is 6.04 Å². The number of carbonyl (C=O) groups is 2. The first kappa shape index (κ1) is 14.5. The molecule has 1 N–H and O–H groups in total. The van der Waals surface area contributed by atoms with E-state index in [2.05, 4.69) is 10.3 Å². The quantitative estimate of drug-likeness (QED) is 0.860. The molecule has 0 radical (unpaired) electrons. The van der Waals surface area contributed by atoms with Gasteiger partial charge in [0.05, 0.1) is 18.2 Å². The zero-order valence-electron chi connectivity index (χ0n) is 12.4. The van der Waals surface area contributed by atoms with Crippen LogP contribution in [0, 0.1) is 5.92 Å². The molecule has 22 heavy (non-hydrogen) atoms. The van der Waals surface area contributed by atoms with Gasteiger partial charge in [-0.1, -0.05) is 31.0 Å². The lowest BCUT2D eigenvalue weighted by atomic mass is 10.1. The monoisotopic (exact) mass is 298 g/mol. The third-order valence-electron chi connectivity index (χ3n) is 3.93. The molecule has 0 unspecified atom stereocenters. The minimum absolute atomic E-state index is 0.291. The number of aromatic nitrogens is 1. The van der Waals surface area contributed by atoms with E-state index in [1.165, 1.54) is 7.11 Å². The van der Waals surface area contributed by atoms with Crippen LogP contribution in [-0.2, 0) is 9.53 Å². The Morgan fingerprint density at radius 3 is 2.82 bits per heavy atom. The lowest BCUT2D eigenvalue weighted by Gasteiger charge is -2.16. The summed E-state index contributed by atoms with van der Waals surface area (Å²) in [6, 6.07) is 8.57. The summed E-state index contributed by atoms with van der Waals surface area (Å²) in [4.78, 5) is 28.7. The summed E-state index contributed by atoms with van der Waals surface area (Å²) in [5, 5.41) is 3.69. The first-order valence-electron chi connectivity index (χ1n) is 7.41. The van der Waals surface area contributed by atoms with E-state index < -0.39 is 12.0 Å². The molecule has 1 amide bonds. The van der Waals surface area contributed by atoms with Gasteiger partial charge in [-0.25, -0.2) is 4.79 Å². The molecule has 0 saturated heterocycles. The zero-order valence-corrected chi connectivity index (χ0v) is 12.4. The van der Waals surface area contributed by atoms with Crippen molar-refractivity contribution in [2.24, 2.45) is 5.92 Å².